The molecule has 1 aromatic rings. The number of ether oxygens (including phenoxy) is 1. The number of rotatable bonds is 5. The van der Waals surface area contributed by atoms with Crippen LogP contribution < -0.4 is 4.90 Å². The smallest absolute Gasteiger partial charge is 0.319 e. The van der Waals surface area contributed by atoms with Crippen molar-refractivity contribution in [2.75, 3.05) is 31.6 Å². The number of para-hydroxylation sites is 1. The molecule has 2 rings (SSSR count). The van der Waals surface area contributed by atoms with Gasteiger partial charge in [0, 0.05) is 12.2 Å². The maximum absolute atomic E-state index is 12.5. The van der Waals surface area contributed by atoms with Crippen LogP contribution in [0, 0.1) is 0 Å². The molecular weight excluding hydrogens is 256 g/mol. The standard InChI is InChI=1S/C15H20N2O3/c1-3-16(11-14(18)20-2)13-9-10-17(15(13)19)12-7-5-4-6-8-12/h4-8,13H,3,9-11H2,1-2H3. The van der Waals surface area contributed by atoms with Gasteiger partial charge in [-0.05, 0) is 25.1 Å². The topological polar surface area (TPSA) is 49.9 Å². The summed E-state index contributed by atoms with van der Waals surface area (Å²) in [5, 5.41) is 0. The van der Waals surface area contributed by atoms with Crippen molar-refractivity contribution in [1.29, 1.82) is 0 Å². The largest absolute Gasteiger partial charge is 0.468 e. The fourth-order valence-electron chi connectivity index (χ4n) is 2.54. The molecule has 0 aliphatic carbocycles. The number of carbonyl (C=O) groups is 2. The van der Waals surface area contributed by atoms with Crippen LogP contribution in [-0.4, -0.2) is 49.6 Å². The highest BCUT2D eigenvalue weighted by atomic mass is 16.5. The minimum absolute atomic E-state index is 0.0574. The van der Waals surface area contributed by atoms with E-state index in [0.29, 0.717) is 13.1 Å². The molecule has 1 aliphatic rings. The summed E-state index contributed by atoms with van der Waals surface area (Å²) in [6.07, 6.45) is 0.735. The second-order valence-corrected chi connectivity index (χ2v) is 4.77. The number of nitrogens with zero attached hydrogens (tertiary/aromatic N) is 2. The average Bonchev–Trinajstić information content (AvgIpc) is 2.87. The van der Waals surface area contributed by atoms with Crippen LogP contribution in [0.2, 0.25) is 0 Å². The van der Waals surface area contributed by atoms with Crippen molar-refractivity contribution in [1.82, 2.24) is 4.90 Å². The highest BCUT2D eigenvalue weighted by Crippen LogP contribution is 2.24. The Bertz CT molecular complexity index is 475. The van der Waals surface area contributed by atoms with Crippen LogP contribution in [0.4, 0.5) is 5.69 Å². The number of amides is 1. The lowest BCUT2D eigenvalue weighted by molar-refractivity contribution is -0.142. The summed E-state index contributed by atoms with van der Waals surface area (Å²) in [4.78, 5) is 27.6. The zero-order valence-electron chi connectivity index (χ0n) is 11.9. The zero-order valence-corrected chi connectivity index (χ0v) is 11.9. The lowest BCUT2D eigenvalue weighted by Crippen LogP contribution is -2.44. The summed E-state index contributed by atoms with van der Waals surface area (Å²) in [6.45, 7) is 3.44. The summed E-state index contributed by atoms with van der Waals surface area (Å²) in [5.41, 5.74) is 0.911. The highest BCUT2D eigenvalue weighted by Gasteiger charge is 2.36. The average molecular weight is 276 g/mol. The van der Waals surface area contributed by atoms with Crippen LogP contribution in [0.5, 0.6) is 0 Å². The Morgan fingerprint density at radius 3 is 2.70 bits per heavy atom. The number of esters is 1. The first kappa shape index (κ1) is 14.5. The third kappa shape index (κ3) is 2.99. The second kappa shape index (κ2) is 6.52. The molecule has 0 N–H and O–H groups in total. The molecule has 5 nitrogen and oxygen atoms in total. The van der Waals surface area contributed by atoms with Crippen LogP contribution in [0.1, 0.15) is 13.3 Å². The van der Waals surface area contributed by atoms with E-state index >= 15 is 0 Å². The van der Waals surface area contributed by atoms with Crippen LogP contribution >= 0.6 is 0 Å². The maximum Gasteiger partial charge on any atom is 0.319 e. The van der Waals surface area contributed by atoms with Gasteiger partial charge >= 0.3 is 5.97 Å². The predicted molar refractivity (Wildman–Crippen MR) is 76.5 cm³/mol. The lowest BCUT2D eigenvalue weighted by Gasteiger charge is -2.25. The summed E-state index contributed by atoms with van der Waals surface area (Å²) < 4.78 is 4.68. The molecule has 1 heterocycles. The molecule has 0 bridgehead atoms. The van der Waals surface area contributed by atoms with E-state index < -0.39 is 0 Å². The number of hydrogen-bond donors (Lipinski definition) is 0. The molecule has 0 saturated carbocycles. The molecule has 0 spiro atoms. The van der Waals surface area contributed by atoms with Crippen molar-refractivity contribution < 1.29 is 14.3 Å². The van der Waals surface area contributed by atoms with E-state index in [2.05, 4.69) is 4.74 Å². The molecule has 0 radical (unpaired) electrons. The number of hydrogen-bond acceptors (Lipinski definition) is 4. The normalized spacial score (nSPS) is 18.6. The molecule has 20 heavy (non-hydrogen) atoms. The van der Waals surface area contributed by atoms with Gasteiger partial charge in [-0.1, -0.05) is 25.1 Å². The molecular formula is C15H20N2O3. The Balaban J connectivity index is 2.08. The van der Waals surface area contributed by atoms with E-state index in [1.807, 2.05) is 42.2 Å². The van der Waals surface area contributed by atoms with Gasteiger partial charge in [0.15, 0.2) is 0 Å². The van der Waals surface area contributed by atoms with Crippen molar-refractivity contribution in [2.45, 2.75) is 19.4 Å². The monoisotopic (exact) mass is 276 g/mol. The van der Waals surface area contributed by atoms with Gasteiger partial charge in [-0.25, -0.2) is 0 Å². The summed E-state index contributed by atoms with van der Waals surface area (Å²) >= 11 is 0. The van der Waals surface area contributed by atoms with E-state index in [1.54, 1.807) is 4.90 Å². The van der Waals surface area contributed by atoms with Crippen molar-refractivity contribution in [2.24, 2.45) is 0 Å². The van der Waals surface area contributed by atoms with Crippen molar-refractivity contribution >= 4 is 17.6 Å². The van der Waals surface area contributed by atoms with Gasteiger partial charge in [-0.3, -0.25) is 14.5 Å². The van der Waals surface area contributed by atoms with E-state index in [1.165, 1.54) is 7.11 Å². The van der Waals surface area contributed by atoms with Gasteiger partial charge in [-0.2, -0.15) is 0 Å². The molecule has 1 saturated heterocycles. The van der Waals surface area contributed by atoms with Crippen LogP contribution in [0.3, 0.4) is 0 Å². The first-order chi connectivity index (χ1) is 9.67. The Morgan fingerprint density at radius 1 is 1.40 bits per heavy atom. The van der Waals surface area contributed by atoms with Gasteiger partial charge in [0.25, 0.3) is 0 Å². The minimum atomic E-state index is -0.308. The number of methoxy groups -OCH3 is 1. The fourth-order valence-corrected chi connectivity index (χ4v) is 2.54. The van der Waals surface area contributed by atoms with E-state index in [4.69, 9.17) is 0 Å². The minimum Gasteiger partial charge on any atom is -0.468 e. The Kier molecular flexibility index (Phi) is 4.74. The summed E-state index contributed by atoms with van der Waals surface area (Å²) in [7, 11) is 1.36. The molecule has 1 aromatic carbocycles. The van der Waals surface area contributed by atoms with E-state index in [9.17, 15) is 9.59 Å². The van der Waals surface area contributed by atoms with Crippen molar-refractivity contribution in [3.63, 3.8) is 0 Å². The quantitative estimate of drug-likeness (QED) is 0.760. The van der Waals surface area contributed by atoms with E-state index in [0.717, 1.165) is 12.1 Å². The third-order valence-electron chi connectivity index (χ3n) is 3.65. The number of anilines is 1. The molecule has 1 unspecified atom stereocenters. The van der Waals surface area contributed by atoms with Gasteiger partial charge in [-0.15, -0.1) is 0 Å². The SMILES string of the molecule is CCN(CC(=O)OC)C1CCN(c2ccccc2)C1=O. The number of benzene rings is 1. The number of likely N-dealkylation sites (N-methyl/N-ethyl adjacent to an activating group) is 1. The summed E-state index contributed by atoms with van der Waals surface area (Å²) in [6, 6.07) is 9.38. The molecule has 1 atom stereocenters. The van der Waals surface area contributed by atoms with E-state index in [-0.39, 0.29) is 24.5 Å². The van der Waals surface area contributed by atoms with Crippen LogP contribution in [0.25, 0.3) is 0 Å². The third-order valence-corrected chi connectivity index (χ3v) is 3.65. The van der Waals surface area contributed by atoms with Gasteiger partial charge < -0.3 is 9.64 Å². The molecule has 5 heteroatoms. The zero-order chi connectivity index (χ0) is 14.5. The Hall–Kier alpha value is -1.88. The summed E-state index contributed by atoms with van der Waals surface area (Å²) in [5.74, 6) is -0.250. The van der Waals surface area contributed by atoms with Crippen molar-refractivity contribution in [3.8, 4) is 0 Å². The van der Waals surface area contributed by atoms with Gasteiger partial charge in [0.1, 0.15) is 0 Å². The first-order valence-corrected chi connectivity index (χ1v) is 6.84. The molecule has 0 aromatic heterocycles. The Labute approximate surface area is 119 Å². The molecule has 108 valence electrons. The fraction of sp³-hybridized carbons (Fsp3) is 0.467. The van der Waals surface area contributed by atoms with Crippen LogP contribution in [-0.2, 0) is 14.3 Å². The molecule has 1 fully saturated rings. The van der Waals surface area contributed by atoms with Gasteiger partial charge in [0.05, 0.1) is 19.7 Å². The molecule has 1 amide bonds. The number of carbonyl (C=O) groups excluding carboxylic acids is 2. The van der Waals surface area contributed by atoms with Crippen LogP contribution in [0.15, 0.2) is 30.3 Å². The Morgan fingerprint density at radius 2 is 2.10 bits per heavy atom. The molecule has 1 aliphatic heterocycles. The highest BCUT2D eigenvalue weighted by molar-refractivity contribution is 5.99. The van der Waals surface area contributed by atoms with Crippen molar-refractivity contribution in [3.05, 3.63) is 30.3 Å². The first-order valence-electron chi connectivity index (χ1n) is 6.84. The second-order valence-electron chi connectivity index (χ2n) is 4.77. The maximum atomic E-state index is 12.5. The predicted octanol–water partition coefficient (Wildman–Crippen LogP) is 1.29. The lowest BCUT2D eigenvalue weighted by atomic mass is 10.2. The van der Waals surface area contributed by atoms with Gasteiger partial charge in [0.2, 0.25) is 5.91 Å².